The van der Waals surface area contributed by atoms with Gasteiger partial charge in [0.25, 0.3) is 0 Å². The van der Waals surface area contributed by atoms with E-state index < -0.39 is 0 Å². The molecule has 4 heteroatoms. The van der Waals surface area contributed by atoms with Gasteiger partial charge in [0.2, 0.25) is 0 Å². The van der Waals surface area contributed by atoms with Gasteiger partial charge in [-0.05, 0) is 36.5 Å². The van der Waals surface area contributed by atoms with Gasteiger partial charge in [0, 0.05) is 37.5 Å². The van der Waals surface area contributed by atoms with E-state index >= 15 is 0 Å². The molecule has 1 unspecified atom stereocenters. The zero-order chi connectivity index (χ0) is 17.5. The first-order valence-corrected chi connectivity index (χ1v) is 8.93. The molecule has 0 amide bonds. The van der Waals surface area contributed by atoms with Crippen LogP contribution in [0.2, 0.25) is 0 Å². The van der Waals surface area contributed by atoms with Crippen LogP contribution >= 0.6 is 0 Å². The Morgan fingerprint density at radius 3 is 2.96 bits per heavy atom. The number of aliphatic hydroxyl groups is 1. The summed E-state index contributed by atoms with van der Waals surface area (Å²) < 4.78 is 5.97. The average molecular weight is 338 g/mol. The first-order chi connectivity index (χ1) is 12.3. The first kappa shape index (κ1) is 17.6. The van der Waals surface area contributed by atoms with Gasteiger partial charge in [-0.25, -0.2) is 0 Å². The monoisotopic (exact) mass is 338 g/mol. The summed E-state index contributed by atoms with van der Waals surface area (Å²) in [5.41, 5.74) is 3.41. The van der Waals surface area contributed by atoms with Crippen LogP contribution in [0.3, 0.4) is 0 Å². The molecule has 3 rings (SSSR count). The van der Waals surface area contributed by atoms with Crippen molar-refractivity contribution in [3.63, 3.8) is 0 Å². The third-order valence-electron chi connectivity index (χ3n) is 4.67. The lowest BCUT2D eigenvalue weighted by Gasteiger charge is -2.39. The largest absolute Gasteiger partial charge is 0.490 e. The zero-order valence-corrected chi connectivity index (χ0v) is 14.6. The molecule has 0 bridgehead atoms. The van der Waals surface area contributed by atoms with Crippen LogP contribution in [0.5, 0.6) is 5.75 Å². The number of aryl methyl sites for hydroxylation is 1. The number of aliphatic hydroxyl groups excluding tert-OH is 1. The summed E-state index contributed by atoms with van der Waals surface area (Å²) in [5.74, 6) is 0.809. The van der Waals surface area contributed by atoms with Gasteiger partial charge < -0.3 is 9.84 Å². The highest BCUT2D eigenvalue weighted by Gasteiger charge is 2.27. The highest BCUT2D eigenvalue weighted by molar-refractivity contribution is 5.64. The van der Waals surface area contributed by atoms with Crippen molar-refractivity contribution in [2.45, 2.75) is 25.3 Å². The molecule has 0 saturated carbocycles. The molecule has 2 heterocycles. The molecule has 25 heavy (non-hydrogen) atoms. The van der Waals surface area contributed by atoms with Crippen molar-refractivity contribution in [3.8, 4) is 16.9 Å². The van der Waals surface area contributed by atoms with Crippen LogP contribution in [0.15, 0.2) is 55.4 Å². The topological polar surface area (TPSA) is 45.6 Å². The maximum atomic E-state index is 9.00. The predicted molar refractivity (Wildman–Crippen MR) is 101 cm³/mol. The Kier molecular flexibility index (Phi) is 6.20. The van der Waals surface area contributed by atoms with Gasteiger partial charge in [-0.1, -0.05) is 30.3 Å². The van der Waals surface area contributed by atoms with E-state index in [1.54, 1.807) is 6.20 Å². The van der Waals surface area contributed by atoms with Gasteiger partial charge in [0.1, 0.15) is 12.4 Å². The Hall–Kier alpha value is -2.17. The van der Waals surface area contributed by atoms with Crippen LogP contribution in [-0.2, 0) is 6.42 Å². The number of ether oxygens (including phenoxy) is 1. The van der Waals surface area contributed by atoms with Crippen LogP contribution in [0, 0.1) is 0 Å². The Labute approximate surface area is 149 Å². The van der Waals surface area contributed by atoms with Gasteiger partial charge in [-0.3, -0.25) is 9.88 Å². The molecule has 1 aromatic heterocycles. The summed E-state index contributed by atoms with van der Waals surface area (Å²) >= 11 is 0. The second-order valence-electron chi connectivity index (χ2n) is 6.47. The van der Waals surface area contributed by atoms with E-state index in [2.05, 4.69) is 46.8 Å². The molecular weight excluding hydrogens is 312 g/mol. The Balaban J connectivity index is 1.64. The number of aromatic nitrogens is 1. The molecule has 4 nitrogen and oxygen atoms in total. The number of hydrogen-bond donors (Lipinski definition) is 1. The Bertz CT molecular complexity index is 702. The second-order valence-corrected chi connectivity index (χ2v) is 6.47. The van der Waals surface area contributed by atoms with E-state index in [0.717, 1.165) is 42.8 Å². The molecule has 1 N–H and O–H groups in total. The van der Waals surface area contributed by atoms with Gasteiger partial charge >= 0.3 is 0 Å². The summed E-state index contributed by atoms with van der Waals surface area (Å²) in [7, 11) is 0. The van der Waals surface area contributed by atoms with E-state index in [4.69, 9.17) is 9.84 Å². The lowest BCUT2D eigenvalue weighted by atomic mass is 10.0. The minimum Gasteiger partial charge on any atom is -0.490 e. The van der Waals surface area contributed by atoms with Crippen molar-refractivity contribution in [2.24, 2.45) is 0 Å². The highest BCUT2D eigenvalue weighted by Crippen LogP contribution is 2.25. The van der Waals surface area contributed by atoms with E-state index in [-0.39, 0.29) is 6.61 Å². The predicted octanol–water partition coefficient (Wildman–Crippen LogP) is 3.31. The van der Waals surface area contributed by atoms with Crippen LogP contribution in [0.25, 0.3) is 11.1 Å². The molecule has 1 aliphatic rings. The van der Waals surface area contributed by atoms with Crippen LogP contribution in [-0.4, -0.2) is 47.3 Å². The van der Waals surface area contributed by atoms with Gasteiger partial charge in [-0.2, -0.15) is 0 Å². The number of benzene rings is 1. The lowest BCUT2D eigenvalue weighted by molar-refractivity contribution is 0.0621. The van der Waals surface area contributed by atoms with Crippen LogP contribution in [0.4, 0.5) is 0 Å². The molecule has 2 aromatic rings. The van der Waals surface area contributed by atoms with Gasteiger partial charge in [0.15, 0.2) is 0 Å². The second kappa shape index (κ2) is 8.79. The smallest absolute Gasteiger partial charge is 0.138 e. The number of nitrogens with zero attached hydrogens (tertiary/aromatic N) is 2. The number of likely N-dealkylation sites (tertiary alicyclic amines) is 1. The standard InChI is InChI=1S/C21H26N2O2/c1-2-9-23-10-8-20(23)16-25-21-13-19(14-22-15-21)18-7-3-5-17(12-18)6-4-11-24/h2-3,5,7,12-15,20,24H,1,4,6,8-11,16H2. The SMILES string of the molecule is C=CCN1CCC1COc1cncc(-c2cccc(CCCO)c2)c1. The number of hydrogen-bond acceptors (Lipinski definition) is 4. The molecule has 0 spiro atoms. The summed E-state index contributed by atoms with van der Waals surface area (Å²) in [6, 6.07) is 10.9. The van der Waals surface area contributed by atoms with E-state index in [0.29, 0.717) is 12.6 Å². The van der Waals surface area contributed by atoms with Crippen LogP contribution in [0.1, 0.15) is 18.4 Å². The fourth-order valence-corrected chi connectivity index (χ4v) is 3.13. The van der Waals surface area contributed by atoms with Gasteiger partial charge in [-0.15, -0.1) is 6.58 Å². The third kappa shape index (κ3) is 4.68. The molecule has 1 fully saturated rings. The van der Waals surface area contributed by atoms with E-state index in [9.17, 15) is 0 Å². The first-order valence-electron chi connectivity index (χ1n) is 8.93. The van der Waals surface area contributed by atoms with Crippen molar-refractivity contribution in [3.05, 3.63) is 60.9 Å². The van der Waals surface area contributed by atoms with Crippen molar-refractivity contribution in [1.29, 1.82) is 0 Å². The van der Waals surface area contributed by atoms with Crippen molar-refractivity contribution in [2.75, 3.05) is 26.3 Å². The van der Waals surface area contributed by atoms with Gasteiger partial charge in [0.05, 0.1) is 6.20 Å². The quantitative estimate of drug-likeness (QED) is 0.713. The summed E-state index contributed by atoms with van der Waals surface area (Å²) in [4.78, 5) is 6.71. The average Bonchev–Trinajstić information content (AvgIpc) is 2.64. The minimum absolute atomic E-state index is 0.221. The summed E-state index contributed by atoms with van der Waals surface area (Å²) in [6.45, 7) is 6.76. The van der Waals surface area contributed by atoms with Crippen molar-refractivity contribution >= 4 is 0 Å². The normalized spacial score (nSPS) is 17.1. The van der Waals surface area contributed by atoms with Crippen molar-refractivity contribution in [1.82, 2.24) is 9.88 Å². The molecule has 1 aromatic carbocycles. The fraction of sp³-hybridized carbons (Fsp3) is 0.381. The highest BCUT2D eigenvalue weighted by atomic mass is 16.5. The molecule has 132 valence electrons. The Morgan fingerprint density at radius 1 is 1.28 bits per heavy atom. The van der Waals surface area contributed by atoms with Crippen molar-refractivity contribution < 1.29 is 9.84 Å². The maximum absolute atomic E-state index is 9.00. The molecule has 0 radical (unpaired) electrons. The summed E-state index contributed by atoms with van der Waals surface area (Å²) in [6.07, 6.45) is 8.43. The van der Waals surface area contributed by atoms with Crippen LogP contribution < -0.4 is 4.74 Å². The molecule has 1 saturated heterocycles. The molecule has 1 aliphatic heterocycles. The van der Waals surface area contributed by atoms with E-state index in [1.165, 1.54) is 12.0 Å². The maximum Gasteiger partial charge on any atom is 0.138 e. The molecule has 1 atom stereocenters. The van der Waals surface area contributed by atoms with E-state index in [1.807, 2.05) is 12.3 Å². The fourth-order valence-electron chi connectivity index (χ4n) is 3.13. The zero-order valence-electron chi connectivity index (χ0n) is 14.6. The molecule has 0 aliphatic carbocycles. The number of pyridine rings is 1. The Morgan fingerprint density at radius 2 is 2.20 bits per heavy atom. The third-order valence-corrected chi connectivity index (χ3v) is 4.67. The molecular formula is C21H26N2O2. The lowest BCUT2D eigenvalue weighted by Crippen LogP contribution is -2.50. The number of rotatable bonds is 9. The summed E-state index contributed by atoms with van der Waals surface area (Å²) in [5, 5.41) is 9.00. The minimum atomic E-state index is 0.221.